The first-order valence-electron chi connectivity index (χ1n) is 10.3. The van der Waals surface area contributed by atoms with E-state index in [1.807, 2.05) is 25.1 Å². The van der Waals surface area contributed by atoms with Crippen molar-refractivity contribution in [3.63, 3.8) is 0 Å². The normalized spacial score (nSPS) is 16.3. The highest BCUT2D eigenvalue weighted by atomic mass is 16.5. The van der Waals surface area contributed by atoms with Crippen molar-refractivity contribution in [3.05, 3.63) is 76.2 Å². The Bertz CT molecular complexity index is 1170. The first kappa shape index (κ1) is 20.9. The van der Waals surface area contributed by atoms with E-state index in [0.29, 0.717) is 24.0 Å². The van der Waals surface area contributed by atoms with Gasteiger partial charge in [-0.25, -0.2) is 10.1 Å². The second kappa shape index (κ2) is 9.20. The molecule has 2 aromatic carbocycles. The van der Waals surface area contributed by atoms with Crippen molar-refractivity contribution in [1.82, 2.24) is 15.2 Å². The number of carbonyl (C=O) groups is 1. The van der Waals surface area contributed by atoms with E-state index in [9.17, 15) is 9.59 Å². The number of benzene rings is 2. The number of rotatable bonds is 5. The highest BCUT2D eigenvalue weighted by Crippen LogP contribution is 2.14. The lowest BCUT2D eigenvalue weighted by Gasteiger charge is -2.31. The van der Waals surface area contributed by atoms with Crippen LogP contribution >= 0.6 is 0 Å². The number of hydrogen-bond acceptors (Lipinski definition) is 5. The number of amides is 1. The molecule has 0 radical (unpaired) electrons. The molecule has 0 bridgehead atoms. The van der Waals surface area contributed by atoms with Gasteiger partial charge in [-0.15, -0.1) is 0 Å². The van der Waals surface area contributed by atoms with E-state index in [1.165, 1.54) is 16.6 Å². The molecule has 0 unspecified atom stereocenters. The van der Waals surface area contributed by atoms with Crippen molar-refractivity contribution < 1.29 is 14.4 Å². The molecule has 0 aliphatic carbocycles. The van der Waals surface area contributed by atoms with Gasteiger partial charge in [-0.05, 0) is 13.0 Å². The first-order valence-corrected chi connectivity index (χ1v) is 10.3. The van der Waals surface area contributed by atoms with Gasteiger partial charge in [-0.3, -0.25) is 9.59 Å². The van der Waals surface area contributed by atoms with Crippen LogP contribution in [-0.4, -0.2) is 47.7 Å². The quantitative estimate of drug-likeness (QED) is 0.470. The maximum Gasteiger partial charge on any atom is 0.292 e. The minimum absolute atomic E-state index is 0.00947. The van der Waals surface area contributed by atoms with Gasteiger partial charge in [0.05, 0.1) is 24.3 Å². The fourth-order valence-electron chi connectivity index (χ4n) is 4.06. The van der Waals surface area contributed by atoms with Crippen molar-refractivity contribution in [2.24, 2.45) is 12.1 Å². The number of aromatic nitrogens is 2. The molecule has 1 aliphatic heterocycles. The lowest BCUT2D eigenvalue weighted by molar-refractivity contribution is -0.928. The Morgan fingerprint density at radius 3 is 2.45 bits per heavy atom. The summed E-state index contributed by atoms with van der Waals surface area (Å²) < 4.78 is 6.70. The lowest BCUT2D eigenvalue weighted by Crippen LogP contribution is -3.15. The van der Waals surface area contributed by atoms with Crippen LogP contribution in [0.1, 0.15) is 29.0 Å². The standard InChI is InChI=1S/C23H25N5O3/c1-16(21(17-8-4-3-5-9-17)28-12-14-31-15-13-28)24-25-22(29)20-18-10-6-7-11-19(18)23(30)27(2)26-20/h3-11,21H,12-15H2,1-2H3,(H,25,29)/p+1/b24-16-/t21-/m0/s1. The number of fused-ring (bicyclic) bond motifs is 1. The Hall–Kier alpha value is -3.36. The summed E-state index contributed by atoms with van der Waals surface area (Å²) in [6, 6.07) is 17.1. The number of morpholine rings is 1. The minimum Gasteiger partial charge on any atom is -0.370 e. The van der Waals surface area contributed by atoms with Crippen LogP contribution in [0.2, 0.25) is 0 Å². The zero-order valence-electron chi connectivity index (χ0n) is 17.7. The summed E-state index contributed by atoms with van der Waals surface area (Å²) in [7, 11) is 1.54. The Labute approximate surface area is 180 Å². The van der Waals surface area contributed by atoms with Crippen LogP contribution in [0.4, 0.5) is 0 Å². The Balaban J connectivity index is 1.63. The number of ether oxygens (including phenoxy) is 1. The molecule has 1 fully saturated rings. The molecule has 160 valence electrons. The van der Waals surface area contributed by atoms with Crippen LogP contribution in [0.15, 0.2) is 64.5 Å². The smallest absolute Gasteiger partial charge is 0.292 e. The number of nitrogens with zero attached hydrogens (tertiary/aromatic N) is 3. The number of hydrazone groups is 1. The number of carbonyl (C=O) groups excluding carboxylic acids is 1. The van der Waals surface area contributed by atoms with Crippen molar-refractivity contribution in [2.45, 2.75) is 13.0 Å². The summed E-state index contributed by atoms with van der Waals surface area (Å²) in [4.78, 5) is 26.6. The predicted molar refractivity (Wildman–Crippen MR) is 118 cm³/mol. The molecule has 2 N–H and O–H groups in total. The second-order valence-corrected chi connectivity index (χ2v) is 7.63. The summed E-state index contributed by atoms with van der Waals surface area (Å²) >= 11 is 0. The molecule has 1 aliphatic rings. The number of nitrogens with one attached hydrogen (secondary N) is 2. The van der Waals surface area contributed by atoms with E-state index >= 15 is 0 Å². The minimum atomic E-state index is -0.449. The summed E-state index contributed by atoms with van der Waals surface area (Å²) in [5.41, 5.74) is 4.52. The molecule has 1 amide bonds. The third kappa shape index (κ3) is 4.40. The highest BCUT2D eigenvalue weighted by Gasteiger charge is 2.29. The van der Waals surface area contributed by atoms with E-state index in [0.717, 1.165) is 24.4 Å². The molecule has 3 aromatic rings. The van der Waals surface area contributed by atoms with Gasteiger partial charge in [0.2, 0.25) is 0 Å². The number of aryl methyl sites for hydroxylation is 1. The highest BCUT2D eigenvalue weighted by molar-refractivity contribution is 6.05. The summed E-state index contributed by atoms with van der Waals surface area (Å²) in [6.07, 6.45) is 0. The van der Waals surface area contributed by atoms with E-state index in [-0.39, 0.29) is 17.3 Å². The maximum absolute atomic E-state index is 12.9. The average Bonchev–Trinajstić information content (AvgIpc) is 2.81. The van der Waals surface area contributed by atoms with Crippen molar-refractivity contribution in [2.75, 3.05) is 26.3 Å². The number of hydrogen-bond donors (Lipinski definition) is 2. The average molecular weight is 420 g/mol. The first-order chi connectivity index (χ1) is 15.1. The third-order valence-electron chi connectivity index (χ3n) is 5.60. The molecule has 1 aromatic heterocycles. The van der Waals surface area contributed by atoms with Crippen LogP contribution in [0.5, 0.6) is 0 Å². The van der Waals surface area contributed by atoms with Crippen LogP contribution in [-0.2, 0) is 11.8 Å². The van der Waals surface area contributed by atoms with Crippen LogP contribution < -0.4 is 15.9 Å². The van der Waals surface area contributed by atoms with E-state index in [2.05, 4.69) is 27.8 Å². The fraction of sp³-hybridized carbons (Fsp3) is 0.304. The molecule has 1 saturated heterocycles. The predicted octanol–water partition coefficient (Wildman–Crippen LogP) is 0.696. The van der Waals surface area contributed by atoms with Gasteiger partial charge in [0.25, 0.3) is 11.5 Å². The van der Waals surface area contributed by atoms with Gasteiger partial charge in [0, 0.05) is 18.0 Å². The largest absolute Gasteiger partial charge is 0.370 e. The van der Waals surface area contributed by atoms with Gasteiger partial charge in [-0.1, -0.05) is 48.5 Å². The van der Waals surface area contributed by atoms with Gasteiger partial charge in [0.1, 0.15) is 13.1 Å². The molecule has 2 heterocycles. The molecule has 4 rings (SSSR count). The van der Waals surface area contributed by atoms with Crippen LogP contribution in [0, 0.1) is 0 Å². The molecule has 31 heavy (non-hydrogen) atoms. The van der Waals surface area contributed by atoms with Crippen molar-refractivity contribution in [1.29, 1.82) is 0 Å². The Kier molecular flexibility index (Phi) is 6.20. The maximum atomic E-state index is 12.9. The van der Waals surface area contributed by atoms with Crippen LogP contribution in [0.25, 0.3) is 10.8 Å². The van der Waals surface area contributed by atoms with E-state index in [4.69, 9.17) is 4.74 Å². The number of quaternary nitrogens is 1. The molecule has 8 heteroatoms. The van der Waals surface area contributed by atoms with Gasteiger partial charge in [-0.2, -0.15) is 10.2 Å². The lowest BCUT2D eigenvalue weighted by atomic mass is 10.0. The third-order valence-corrected chi connectivity index (χ3v) is 5.60. The molecule has 0 spiro atoms. The van der Waals surface area contributed by atoms with Crippen molar-refractivity contribution in [3.8, 4) is 0 Å². The van der Waals surface area contributed by atoms with Gasteiger partial charge in [0.15, 0.2) is 11.7 Å². The van der Waals surface area contributed by atoms with E-state index in [1.54, 1.807) is 24.3 Å². The van der Waals surface area contributed by atoms with Gasteiger partial charge >= 0.3 is 0 Å². The topological polar surface area (TPSA) is 90.0 Å². The van der Waals surface area contributed by atoms with Crippen LogP contribution in [0.3, 0.4) is 0 Å². The summed E-state index contributed by atoms with van der Waals surface area (Å²) in [5, 5.41) is 9.57. The Morgan fingerprint density at radius 1 is 1.10 bits per heavy atom. The zero-order valence-corrected chi connectivity index (χ0v) is 17.7. The molecule has 0 saturated carbocycles. The van der Waals surface area contributed by atoms with Crippen molar-refractivity contribution >= 4 is 22.4 Å². The SMILES string of the molecule is C/C(=N/NC(=O)c1nn(C)c(=O)c2ccccc12)[C@@H](c1ccccc1)[NH+]1CCOCC1. The summed E-state index contributed by atoms with van der Waals surface area (Å²) in [6.45, 7) is 5.06. The molecule has 8 nitrogen and oxygen atoms in total. The van der Waals surface area contributed by atoms with Gasteiger partial charge < -0.3 is 9.64 Å². The molecular formula is C23H26N5O3+. The fourth-order valence-corrected chi connectivity index (χ4v) is 4.06. The second-order valence-electron chi connectivity index (χ2n) is 7.63. The Morgan fingerprint density at radius 2 is 1.74 bits per heavy atom. The zero-order chi connectivity index (χ0) is 21.8. The summed E-state index contributed by atoms with van der Waals surface area (Å²) in [5.74, 6) is -0.449. The molecule has 1 atom stereocenters. The molecular weight excluding hydrogens is 394 g/mol. The van der Waals surface area contributed by atoms with E-state index < -0.39 is 5.91 Å². The monoisotopic (exact) mass is 420 g/mol.